The monoisotopic (exact) mass is 175 g/mol. The highest BCUT2D eigenvalue weighted by atomic mass is 15.2. The number of hydrogen-bond donors (Lipinski definition) is 1. The van der Waals surface area contributed by atoms with Gasteiger partial charge in [0.2, 0.25) is 0 Å². The van der Waals surface area contributed by atoms with Crippen molar-refractivity contribution >= 4 is 0 Å². The van der Waals surface area contributed by atoms with Crippen molar-refractivity contribution in [3.8, 4) is 0 Å². The summed E-state index contributed by atoms with van der Waals surface area (Å²) in [5.74, 6) is 0. The van der Waals surface area contributed by atoms with E-state index in [4.69, 9.17) is 0 Å². The van der Waals surface area contributed by atoms with Crippen LogP contribution in [0.15, 0.2) is 30.3 Å². The van der Waals surface area contributed by atoms with Gasteiger partial charge in [0.15, 0.2) is 0 Å². The Hall–Kier alpha value is -0.820. The molecule has 0 radical (unpaired) electrons. The highest BCUT2D eigenvalue weighted by Crippen LogP contribution is 2.45. The molecule has 0 aliphatic carbocycles. The summed E-state index contributed by atoms with van der Waals surface area (Å²) in [7, 11) is 0. The maximum atomic E-state index is 3.60. The first-order valence-corrected chi connectivity index (χ1v) is 5.15. The van der Waals surface area contributed by atoms with Crippen LogP contribution in [0.2, 0.25) is 0 Å². The van der Waals surface area contributed by atoms with Crippen molar-refractivity contribution in [3.63, 3.8) is 0 Å². The Labute approximate surface area is 80.2 Å². The summed E-state index contributed by atoms with van der Waals surface area (Å²) in [5, 5.41) is 3.60. The molecule has 2 rings (SSSR count). The molecule has 1 aliphatic heterocycles. The minimum absolute atomic E-state index is 0.404. The molecule has 1 aliphatic rings. The molecule has 1 N–H and O–H groups in total. The second kappa shape index (κ2) is 3.15. The largest absolute Gasteiger partial charge is 0.301 e. The SMILES string of the molecule is CCC1(CC)N[C@@H]1c1ccccc1. The normalized spacial score (nSPS) is 24.3. The van der Waals surface area contributed by atoms with Gasteiger partial charge in [0.25, 0.3) is 0 Å². The molecule has 1 nitrogen and oxygen atoms in total. The zero-order valence-corrected chi connectivity index (χ0v) is 8.38. The van der Waals surface area contributed by atoms with E-state index in [1.54, 1.807) is 0 Å². The van der Waals surface area contributed by atoms with E-state index >= 15 is 0 Å². The second-order valence-electron chi connectivity index (χ2n) is 3.85. The van der Waals surface area contributed by atoms with Gasteiger partial charge in [-0.15, -0.1) is 0 Å². The Balaban J connectivity index is 2.15. The third kappa shape index (κ3) is 1.37. The standard InChI is InChI=1S/C12H17N/c1-3-12(4-2)11(13-12)10-8-6-5-7-9-10/h5-9,11,13H,3-4H2,1-2H3/t11-/m1/s1. The van der Waals surface area contributed by atoms with Gasteiger partial charge in [0.05, 0.1) is 6.04 Å². The molecule has 1 atom stereocenters. The van der Waals surface area contributed by atoms with Crippen molar-refractivity contribution in [2.45, 2.75) is 38.3 Å². The lowest BCUT2D eigenvalue weighted by Crippen LogP contribution is -2.11. The fourth-order valence-electron chi connectivity index (χ4n) is 2.16. The number of nitrogens with one attached hydrogen (secondary N) is 1. The van der Waals surface area contributed by atoms with E-state index in [-0.39, 0.29) is 0 Å². The molecule has 1 heteroatoms. The van der Waals surface area contributed by atoms with E-state index in [2.05, 4.69) is 49.5 Å². The maximum absolute atomic E-state index is 3.60. The van der Waals surface area contributed by atoms with Gasteiger partial charge in [-0.1, -0.05) is 44.2 Å². The van der Waals surface area contributed by atoms with E-state index in [1.807, 2.05) is 0 Å². The first kappa shape index (κ1) is 8.76. The van der Waals surface area contributed by atoms with Crippen LogP contribution in [0, 0.1) is 0 Å². The van der Waals surface area contributed by atoms with E-state index < -0.39 is 0 Å². The summed E-state index contributed by atoms with van der Waals surface area (Å²) in [4.78, 5) is 0. The molecule has 0 spiro atoms. The average Bonchev–Trinajstić information content (AvgIpc) is 2.95. The van der Waals surface area contributed by atoms with Gasteiger partial charge in [-0.2, -0.15) is 0 Å². The van der Waals surface area contributed by atoms with Crippen LogP contribution in [-0.2, 0) is 0 Å². The predicted molar refractivity (Wildman–Crippen MR) is 55.6 cm³/mol. The molecule has 70 valence electrons. The Kier molecular flexibility index (Phi) is 2.12. The van der Waals surface area contributed by atoms with E-state index in [0.717, 1.165) is 0 Å². The molecule has 0 amide bonds. The van der Waals surface area contributed by atoms with Crippen molar-refractivity contribution in [1.29, 1.82) is 0 Å². The zero-order chi connectivity index (χ0) is 9.31. The number of benzene rings is 1. The Morgan fingerprint density at radius 1 is 1.15 bits per heavy atom. The van der Waals surface area contributed by atoms with Crippen LogP contribution in [0.3, 0.4) is 0 Å². The first-order valence-electron chi connectivity index (χ1n) is 5.15. The molecule has 1 saturated heterocycles. The molecular weight excluding hydrogens is 158 g/mol. The predicted octanol–water partition coefficient (Wildman–Crippen LogP) is 2.89. The van der Waals surface area contributed by atoms with Crippen LogP contribution in [0.4, 0.5) is 0 Å². The quantitative estimate of drug-likeness (QED) is 0.701. The summed E-state index contributed by atoms with van der Waals surface area (Å²) in [6, 6.07) is 11.3. The minimum Gasteiger partial charge on any atom is -0.301 e. The third-order valence-electron chi connectivity index (χ3n) is 3.30. The molecule has 1 fully saturated rings. The summed E-state index contributed by atoms with van der Waals surface area (Å²) in [6.07, 6.45) is 2.45. The molecule has 0 bridgehead atoms. The molecule has 1 aromatic carbocycles. The fourth-order valence-corrected chi connectivity index (χ4v) is 2.16. The third-order valence-corrected chi connectivity index (χ3v) is 3.30. The Bertz CT molecular complexity index is 274. The highest BCUT2D eigenvalue weighted by molar-refractivity contribution is 5.30. The molecule has 0 saturated carbocycles. The van der Waals surface area contributed by atoms with Gasteiger partial charge in [0.1, 0.15) is 0 Å². The molecular formula is C12H17N. The van der Waals surface area contributed by atoms with Crippen molar-refractivity contribution in [3.05, 3.63) is 35.9 Å². The first-order chi connectivity index (χ1) is 6.32. The lowest BCUT2D eigenvalue weighted by molar-refractivity contribution is 0.563. The van der Waals surface area contributed by atoms with Crippen LogP contribution in [0.5, 0.6) is 0 Å². The van der Waals surface area contributed by atoms with Crippen LogP contribution in [-0.4, -0.2) is 5.54 Å². The van der Waals surface area contributed by atoms with Gasteiger partial charge in [-0.25, -0.2) is 0 Å². The molecule has 1 heterocycles. The smallest absolute Gasteiger partial charge is 0.0509 e. The van der Waals surface area contributed by atoms with Crippen molar-refractivity contribution in [2.75, 3.05) is 0 Å². The lowest BCUT2D eigenvalue weighted by Gasteiger charge is -2.08. The lowest BCUT2D eigenvalue weighted by atomic mass is 9.94. The van der Waals surface area contributed by atoms with Gasteiger partial charge in [-0.05, 0) is 18.4 Å². The topological polar surface area (TPSA) is 21.9 Å². The Morgan fingerprint density at radius 3 is 2.23 bits per heavy atom. The summed E-state index contributed by atoms with van der Waals surface area (Å²) in [6.45, 7) is 4.53. The van der Waals surface area contributed by atoms with Crippen molar-refractivity contribution < 1.29 is 0 Å². The van der Waals surface area contributed by atoms with Crippen LogP contribution in [0.25, 0.3) is 0 Å². The maximum Gasteiger partial charge on any atom is 0.0509 e. The molecule has 13 heavy (non-hydrogen) atoms. The molecule has 0 unspecified atom stereocenters. The van der Waals surface area contributed by atoms with E-state index in [0.29, 0.717) is 11.6 Å². The molecule has 0 aromatic heterocycles. The zero-order valence-electron chi connectivity index (χ0n) is 8.38. The van der Waals surface area contributed by atoms with Gasteiger partial charge >= 0.3 is 0 Å². The van der Waals surface area contributed by atoms with Crippen molar-refractivity contribution in [1.82, 2.24) is 5.32 Å². The Morgan fingerprint density at radius 2 is 1.77 bits per heavy atom. The minimum atomic E-state index is 0.404. The fraction of sp³-hybridized carbons (Fsp3) is 0.500. The van der Waals surface area contributed by atoms with Crippen molar-refractivity contribution in [2.24, 2.45) is 0 Å². The average molecular weight is 175 g/mol. The summed E-state index contributed by atoms with van der Waals surface area (Å²) < 4.78 is 0. The molecule has 1 aromatic rings. The highest BCUT2D eigenvalue weighted by Gasteiger charge is 2.50. The number of rotatable bonds is 3. The van der Waals surface area contributed by atoms with Gasteiger partial charge in [-0.3, -0.25) is 0 Å². The second-order valence-corrected chi connectivity index (χ2v) is 3.85. The van der Waals surface area contributed by atoms with Gasteiger partial charge in [0, 0.05) is 5.54 Å². The van der Waals surface area contributed by atoms with Crippen LogP contribution in [0.1, 0.15) is 38.3 Å². The summed E-state index contributed by atoms with van der Waals surface area (Å²) in [5.41, 5.74) is 1.84. The van der Waals surface area contributed by atoms with E-state index in [1.165, 1.54) is 18.4 Å². The van der Waals surface area contributed by atoms with Gasteiger partial charge < -0.3 is 5.32 Å². The number of hydrogen-bond acceptors (Lipinski definition) is 1. The van der Waals surface area contributed by atoms with E-state index in [9.17, 15) is 0 Å². The summed E-state index contributed by atoms with van der Waals surface area (Å²) >= 11 is 0. The van der Waals surface area contributed by atoms with Crippen LogP contribution >= 0.6 is 0 Å². The van der Waals surface area contributed by atoms with Crippen LogP contribution < -0.4 is 5.32 Å².